The number of benzene rings is 1. The number of H-pyrrole nitrogens is 1. The van der Waals surface area contributed by atoms with E-state index in [9.17, 15) is 0 Å². The lowest BCUT2D eigenvalue weighted by Gasteiger charge is -2.14. The van der Waals surface area contributed by atoms with E-state index in [0.29, 0.717) is 12.0 Å². The zero-order chi connectivity index (χ0) is 11.1. The Morgan fingerprint density at radius 3 is 2.94 bits per heavy atom. The molecule has 3 N–H and O–H groups in total. The van der Waals surface area contributed by atoms with Gasteiger partial charge in [0.15, 0.2) is 0 Å². The second-order valence-corrected chi connectivity index (χ2v) is 5.01. The van der Waals surface area contributed by atoms with E-state index in [1.807, 2.05) is 12.1 Å². The fourth-order valence-corrected chi connectivity index (χ4v) is 3.05. The fraction of sp³-hybridized carbons (Fsp3) is 0.385. The number of halogens is 1. The first-order chi connectivity index (χ1) is 7.77. The van der Waals surface area contributed by atoms with Crippen molar-refractivity contribution in [2.24, 2.45) is 5.73 Å². The number of aromatic amines is 1. The van der Waals surface area contributed by atoms with Crippen LogP contribution in [-0.4, -0.2) is 11.0 Å². The van der Waals surface area contributed by atoms with E-state index in [1.165, 1.54) is 23.8 Å². The SMILES string of the molecule is N[C@@H]1CCC[C@H]1c1c[nH]c2c(Cl)cccc12. The Hall–Kier alpha value is -0.990. The van der Waals surface area contributed by atoms with Gasteiger partial charge in [-0.2, -0.15) is 0 Å². The lowest BCUT2D eigenvalue weighted by molar-refractivity contribution is 0.616. The van der Waals surface area contributed by atoms with Crippen molar-refractivity contribution in [3.8, 4) is 0 Å². The van der Waals surface area contributed by atoms with E-state index in [-0.39, 0.29) is 0 Å². The van der Waals surface area contributed by atoms with E-state index < -0.39 is 0 Å². The van der Waals surface area contributed by atoms with Gasteiger partial charge in [0.25, 0.3) is 0 Å². The van der Waals surface area contributed by atoms with E-state index in [0.717, 1.165) is 17.0 Å². The number of hydrogen-bond acceptors (Lipinski definition) is 1. The Kier molecular flexibility index (Phi) is 2.41. The molecule has 1 aromatic heterocycles. The lowest BCUT2D eigenvalue weighted by atomic mass is 9.94. The predicted octanol–water partition coefficient (Wildman–Crippen LogP) is 3.42. The second-order valence-electron chi connectivity index (χ2n) is 4.61. The molecule has 0 aliphatic heterocycles. The summed E-state index contributed by atoms with van der Waals surface area (Å²) in [6.45, 7) is 0. The number of para-hydroxylation sites is 1. The van der Waals surface area contributed by atoms with Crippen LogP contribution in [0.15, 0.2) is 24.4 Å². The molecule has 1 aliphatic rings. The minimum absolute atomic E-state index is 0.304. The number of aromatic nitrogens is 1. The molecule has 2 atom stereocenters. The highest BCUT2D eigenvalue weighted by Crippen LogP contribution is 2.38. The first-order valence-electron chi connectivity index (χ1n) is 5.78. The maximum atomic E-state index is 6.15. The van der Waals surface area contributed by atoms with Gasteiger partial charge in [-0.25, -0.2) is 0 Å². The van der Waals surface area contributed by atoms with E-state index in [4.69, 9.17) is 17.3 Å². The van der Waals surface area contributed by atoms with Crippen LogP contribution in [0.2, 0.25) is 5.02 Å². The highest BCUT2D eigenvalue weighted by molar-refractivity contribution is 6.35. The Labute approximate surface area is 99.8 Å². The minimum Gasteiger partial charge on any atom is -0.360 e. The van der Waals surface area contributed by atoms with Crippen LogP contribution in [0.4, 0.5) is 0 Å². The van der Waals surface area contributed by atoms with Crippen LogP contribution in [0.25, 0.3) is 10.9 Å². The molecule has 1 aliphatic carbocycles. The van der Waals surface area contributed by atoms with Gasteiger partial charge in [-0.15, -0.1) is 0 Å². The molecule has 3 heteroatoms. The summed E-state index contributed by atoms with van der Waals surface area (Å²) in [6, 6.07) is 6.34. The zero-order valence-corrected chi connectivity index (χ0v) is 9.80. The Morgan fingerprint density at radius 1 is 1.31 bits per heavy atom. The van der Waals surface area contributed by atoms with Gasteiger partial charge in [-0.05, 0) is 24.5 Å². The van der Waals surface area contributed by atoms with Crippen LogP contribution in [0, 0.1) is 0 Å². The average molecular weight is 235 g/mol. The third-order valence-electron chi connectivity index (χ3n) is 3.67. The smallest absolute Gasteiger partial charge is 0.0647 e. The van der Waals surface area contributed by atoms with E-state index >= 15 is 0 Å². The quantitative estimate of drug-likeness (QED) is 0.780. The summed E-state index contributed by atoms with van der Waals surface area (Å²) in [5.74, 6) is 0.493. The molecule has 0 bridgehead atoms. The van der Waals surface area contributed by atoms with Crippen molar-refractivity contribution in [1.29, 1.82) is 0 Å². The summed E-state index contributed by atoms with van der Waals surface area (Å²) in [5.41, 5.74) is 8.53. The summed E-state index contributed by atoms with van der Waals surface area (Å²) in [4.78, 5) is 3.27. The van der Waals surface area contributed by atoms with E-state index in [1.54, 1.807) is 0 Å². The van der Waals surface area contributed by atoms with Crippen LogP contribution < -0.4 is 5.73 Å². The lowest BCUT2D eigenvalue weighted by Crippen LogP contribution is -2.22. The maximum absolute atomic E-state index is 6.15. The predicted molar refractivity (Wildman–Crippen MR) is 67.9 cm³/mol. The Morgan fingerprint density at radius 2 is 2.19 bits per heavy atom. The number of nitrogens with two attached hydrogens (primary N) is 1. The van der Waals surface area contributed by atoms with Crippen LogP contribution in [0.1, 0.15) is 30.7 Å². The first kappa shape index (κ1) is 10.2. The number of fused-ring (bicyclic) bond motifs is 1. The monoisotopic (exact) mass is 234 g/mol. The Balaban J connectivity index is 2.14. The standard InChI is InChI=1S/C13H15ClN2/c14-11-5-1-4-9-10(7-16-13(9)11)8-3-2-6-12(8)15/h1,4-5,7-8,12,16H,2-3,6,15H2/t8-,12+/m0/s1. The molecule has 2 aromatic rings. The molecule has 2 nitrogen and oxygen atoms in total. The van der Waals surface area contributed by atoms with Gasteiger partial charge in [-0.3, -0.25) is 0 Å². The summed E-state index contributed by atoms with van der Waals surface area (Å²) >= 11 is 6.15. The topological polar surface area (TPSA) is 41.8 Å². The molecule has 0 unspecified atom stereocenters. The Bertz CT molecular complexity index is 518. The summed E-state index contributed by atoms with van der Waals surface area (Å²) in [6.07, 6.45) is 5.64. The third kappa shape index (κ3) is 1.45. The maximum Gasteiger partial charge on any atom is 0.0647 e. The molecule has 0 saturated heterocycles. The third-order valence-corrected chi connectivity index (χ3v) is 3.98. The minimum atomic E-state index is 0.304. The van der Waals surface area contributed by atoms with Gasteiger partial charge in [-0.1, -0.05) is 30.2 Å². The van der Waals surface area contributed by atoms with Gasteiger partial charge in [0.05, 0.1) is 10.5 Å². The van der Waals surface area contributed by atoms with Crippen LogP contribution >= 0.6 is 11.6 Å². The highest BCUT2D eigenvalue weighted by Gasteiger charge is 2.27. The molecule has 1 saturated carbocycles. The molecule has 3 rings (SSSR count). The van der Waals surface area contributed by atoms with Gasteiger partial charge in [0.1, 0.15) is 0 Å². The summed E-state index contributed by atoms with van der Waals surface area (Å²) in [7, 11) is 0. The first-order valence-corrected chi connectivity index (χ1v) is 6.16. The molecule has 1 aromatic carbocycles. The van der Waals surface area contributed by atoms with Crippen molar-refractivity contribution in [2.75, 3.05) is 0 Å². The molecule has 84 valence electrons. The zero-order valence-electron chi connectivity index (χ0n) is 9.04. The van der Waals surface area contributed by atoms with Crippen LogP contribution in [0.5, 0.6) is 0 Å². The van der Waals surface area contributed by atoms with Crippen molar-refractivity contribution in [3.05, 3.63) is 35.0 Å². The average Bonchev–Trinajstić information content (AvgIpc) is 2.84. The largest absolute Gasteiger partial charge is 0.360 e. The van der Waals surface area contributed by atoms with Crippen molar-refractivity contribution in [1.82, 2.24) is 4.98 Å². The molecular formula is C13H15ClN2. The normalized spacial score (nSPS) is 25.4. The van der Waals surface area contributed by atoms with Gasteiger partial charge >= 0.3 is 0 Å². The van der Waals surface area contributed by atoms with Crippen molar-refractivity contribution < 1.29 is 0 Å². The second kappa shape index (κ2) is 3.79. The molecule has 0 radical (unpaired) electrons. The highest BCUT2D eigenvalue weighted by atomic mass is 35.5. The number of hydrogen-bond donors (Lipinski definition) is 2. The summed E-state index contributed by atoms with van der Waals surface area (Å²) in [5, 5.41) is 2.02. The fourth-order valence-electron chi connectivity index (χ4n) is 2.82. The molecule has 16 heavy (non-hydrogen) atoms. The number of rotatable bonds is 1. The summed E-state index contributed by atoms with van der Waals surface area (Å²) < 4.78 is 0. The van der Waals surface area contributed by atoms with E-state index in [2.05, 4.69) is 17.2 Å². The van der Waals surface area contributed by atoms with Crippen LogP contribution in [-0.2, 0) is 0 Å². The van der Waals surface area contributed by atoms with Gasteiger partial charge < -0.3 is 10.7 Å². The van der Waals surface area contributed by atoms with Gasteiger partial charge in [0.2, 0.25) is 0 Å². The van der Waals surface area contributed by atoms with Crippen molar-refractivity contribution in [2.45, 2.75) is 31.2 Å². The molecule has 1 fully saturated rings. The van der Waals surface area contributed by atoms with Crippen LogP contribution in [0.3, 0.4) is 0 Å². The van der Waals surface area contributed by atoms with Crippen molar-refractivity contribution in [3.63, 3.8) is 0 Å². The number of nitrogens with one attached hydrogen (secondary N) is 1. The molecule has 1 heterocycles. The van der Waals surface area contributed by atoms with Crippen molar-refractivity contribution >= 4 is 22.5 Å². The molecular weight excluding hydrogens is 220 g/mol. The molecule has 0 amide bonds. The van der Waals surface area contributed by atoms with Gasteiger partial charge in [0, 0.05) is 23.5 Å². The molecule has 0 spiro atoms.